The van der Waals surface area contributed by atoms with Gasteiger partial charge in [-0.15, -0.1) is 0 Å². The Balaban J connectivity index is 2.83. The average Bonchev–Trinajstić information content (AvgIpc) is 2.31. The summed E-state index contributed by atoms with van der Waals surface area (Å²) in [5, 5.41) is 0. The highest BCUT2D eigenvalue weighted by Crippen LogP contribution is 2.13. The van der Waals surface area contributed by atoms with Crippen molar-refractivity contribution >= 4 is 5.78 Å². The van der Waals surface area contributed by atoms with Gasteiger partial charge in [0.15, 0.2) is 5.78 Å². The first-order chi connectivity index (χ1) is 8.45. The summed E-state index contributed by atoms with van der Waals surface area (Å²) in [5.41, 5.74) is 3.10. The third-order valence-electron chi connectivity index (χ3n) is 3.28. The minimum atomic E-state index is 0.235. The van der Waals surface area contributed by atoms with E-state index < -0.39 is 0 Å². The maximum atomic E-state index is 12.4. The number of hydrogen-bond acceptors (Lipinski definition) is 2. The third kappa shape index (κ3) is 3.95. The zero-order valence-electron chi connectivity index (χ0n) is 12.3. The predicted octanol–water partition coefficient (Wildman–Crippen LogP) is 3.61. The van der Waals surface area contributed by atoms with Crippen LogP contribution in [-0.4, -0.2) is 29.8 Å². The molecule has 0 unspecified atom stereocenters. The van der Waals surface area contributed by atoms with Crippen molar-refractivity contribution in [2.45, 2.75) is 47.1 Å². The van der Waals surface area contributed by atoms with E-state index in [1.807, 2.05) is 26.0 Å². The molecule has 2 heteroatoms. The molecule has 0 aliphatic rings. The van der Waals surface area contributed by atoms with E-state index in [-0.39, 0.29) is 5.78 Å². The van der Waals surface area contributed by atoms with Crippen molar-refractivity contribution in [1.82, 2.24) is 4.90 Å². The molecule has 100 valence electrons. The van der Waals surface area contributed by atoms with Gasteiger partial charge in [0.1, 0.15) is 0 Å². The summed E-state index contributed by atoms with van der Waals surface area (Å²) in [6.07, 6.45) is 1.08. The average molecular weight is 247 g/mol. The maximum Gasteiger partial charge on any atom is 0.177 e. The smallest absolute Gasteiger partial charge is 0.177 e. The van der Waals surface area contributed by atoms with Crippen LogP contribution >= 0.6 is 0 Å². The lowest BCUT2D eigenvalue weighted by atomic mass is 10.0. The van der Waals surface area contributed by atoms with E-state index >= 15 is 0 Å². The van der Waals surface area contributed by atoms with Crippen molar-refractivity contribution in [2.24, 2.45) is 0 Å². The summed E-state index contributed by atoms with van der Waals surface area (Å²) in [7, 11) is 0. The quantitative estimate of drug-likeness (QED) is 0.716. The van der Waals surface area contributed by atoms with Crippen LogP contribution in [0.1, 0.15) is 48.7 Å². The van der Waals surface area contributed by atoms with Crippen molar-refractivity contribution in [1.29, 1.82) is 0 Å². The Labute approximate surface area is 111 Å². The largest absolute Gasteiger partial charge is 0.293 e. The van der Waals surface area contributed by atoms with E-state index in [0.29, 0.717) is 12.6 Å². The number of benzene rings is 1. The lowest BCUT2D eigenvalue weighted by molar-refractivity contribution is 0.0905. The number of carbonyl (C=O) groups is 1. The molecule has 0 amide bonds. The van der Waals surface area contributed by atoms with E-state index in [4.69, 9.17) is 0 Å². The summed E-state index contributed by atoms with van der Waals surface area (Å²) in [6, 6.07) is 6.50. The molecule has 0 aromatic heterocycles. The molecule has 1 aromatic rings. The van der Waals surface area contributed by atoms with Crippen molar-refractivity contribution in [2.75, 3.05) is 13.1 Å². The van der Waals surface area contributed by atoms with Gasteiger partial charge < -0.3 is 0 Å². The topological polar surface area (TPSA) is 20.3 Å². The number of aryl methyl sites for hydroxylation is 2. The fraction of sp³-hybridized carbons (Fsp3) is 0.562. The molecule has 18 heavy (non-hydrogen) atoms. The zero-order valence-corrected chi connectivity index (χ0v) is 12.3. The van der Waals surface area contributed by atoms with Gasteiger partial charge in [-0.05, 0) is 52.3 Å². The molecular weight excluding hydrogens is 222 g/mol. The van der Waals surface area contributed by atoms with Crippen LogP contribution in [0, 0.1) is 13.8 Å². The normalized spacial score (nSPS) is 11.3. The molecule has 0 heterocycles. The van der Waals surface area contributed by atoms with Crippen LogP contribution in [0.5, 0.6) is 0 Å². The number of carbonyl (C=O) groups excluding carboxylic acids is 1. The second kappa shape index (κ2) is 6.69. The van der Waals surface area contributed by atoms with Gasteiger partial charge >= 0.3 is 0 Å². The van der Waals surface area contributed by atoms with Crippen molar-refractivity contribution in [3.63, 3.8) is 0 Å². The van der Waals surface area contributed by atoms with Crippen molar-refractivity contribution in [3.8, 4) is 0 Å². The standard InChI is InChI=1S/C16H25NO/c1-6-9-17(12(2)3)11-16(18)15-10-13(4)7-8-14(15)5/h7-8,10,12H,6,9,11H2,1-5H3. The zero-order chi connectivity index (χ0) is 13.7. The molecule has 0 aliphatic heterocycles. The van der Waals surface area contributed by atoms with Crippen molar-refractivity contribution < 1.29 is 4.79 Å². The molecule has 0 saturated heterocycles. The second-order valence-electron chi connectivity index (χ2n) is 5.31. The van der Waals surface area contributed by atoms with Crippen LogP contribution in [0.4, 0.5) is 0 Å². The Kier molecular flexibility index (Phi) is 5.54. The molecule has 1 aromatic carbocycles. The van der Waals surface area contributed by atoms with E-state index in [2.05, 4.69) is 31.7 Å². The highest BCUT2D eigenvalue weighted by atomic mass is 16.1. The number of hydrogen-bond donors (Lipinski definition) is 0. The van der Waals surface area contributed by atoms with Gasteiger partial charge in [0.05, 0.1) is 6.54 Å². The van der Waals surface area contributed by atoms with E-state index in [1.165, 1.54) is 0 Å². The van der Waals surface area contributed by atoms with Crippen LogP contribution in [0.15, 0.2) is 18.2 Å². The van der Waals surface area contributed by atoms with E-state index in [0.717, 1.165) is 29.7 Å². The molecule has 0 atom stereocenters. The van der Waals surface area contributed by atoms with Gasteiger partial charge in [-0.1, -0.05) is 24.6 Å². The Morgan fingerprint density at radius 3 is 2.50 bits per heavy atom. The summed E-state index contributed by atoms with van der Waals surface area (Å²) in [4.78, 5) is 14.6. The van der Waals surface area contributed by atoms with Crippen LogP contribution < -0.4 is 0 Å². The van der Waals surface area contributed by atoms with Gasteiger partial charge in [0.2, 0.25) is 0 Å². The first-order valence-corrected chi connectivity index (χ1v) is 6.80. The number of ketones is 1. The summed E-state index contributed by atoms with van der Waals surface area (Å²) >= 11 is 0. The minimum absolute atomic E-state index is 0.235. The molecule has 0 bridgehead atoms. The molecule has 0 saturated carbocycles. The third-order valence-corrected chi connectivity index (χ3v) is 3.28. The van der Waals surface area contributed by atoms with Crippen LogP contribution in [0.3, 0.4) is 0 Å². The molecule has 0 fully saturated rings. The molecule has 0 aliphatic carbocycles. The lowest BCUT2D eigenvalue weighted by Crippen LogP contribution is -2.36. The van der Waals surface area contributed by atoms with Gasteiger partial charge in [-0.3, -0.25) is 9.69 Å². The molecule has 0 N–H and O–H groups in total. The highest BCUT2D eigenvalue weighted by Gasteiger charge is 2.16. The first-order valence-electron chi connectivity index (χ1n) is 6.80. The second-order valence-corrected chi connectivity index (χ2v) is 5.31. The number of Topliss-reactive ketones (excluding diaryl/α,β-unsaturated/α-hetero) is 1. The Morgan fingerprint density at radius 1 is 1.28 bits per heavy atom. The Bertz CT molecular complexity index is 410. The summed E-state index contributed by atoms with van der Waals surface area (Å²) in [6.45, 7) is 12.0. The number of rotatable bonds is 6. The molecule has 1 rings (SSSR count). The minimum Gasteiger partial charge on any atom is -0.293 e. The highest BCUT2D eigenvalue weighted by molar-refractivity contribution is 5.99. The van der Waals surface area contributed by atoms with Gasteiger partial charge in [0, 0.05) is 11.6 Å². The van der Waals surface area contributed by atoms with Crippen LogP contribution in [0.2, 0.25) is 0 Å². The molecule has 0 radical (unpaired) electrons. The fourth-order valence-electron chi connectivity index (χ4n) is 2.11. The van der Waals surface area contributed by atoms with Crippen LogP contribution in [0.25, 0.3) is 0 Å². The van der Waals surface area contributed by atoms with Gasteiger partial charge in [-0.2, -0.15) is 0 Å². The summed E-state index contributed by atoms with van der Waals surface area (Å²) < 4.78 is 0. The first kappa shape index (κ1) is 14.9. The fourth-order valence-corrected chi connectivity index (χ4v) is 2.11. The van der Waals surface area contributed by atoms with Gasteiger partial charge in [0.25, 0.3) is 0 Å². The Hall–Kier alpha value is -1.15. The molecule has 0 spiro atoms. The van der Waals surface area contributed by atoms with E-state index in [9.17, 15) is 4.79 Å². The van der Waals surface area contributed by atoms with Gasteiger partial charge in [-0.25, -0.2) is 0 Å². The molecular formula is C16H25NO. The number of nitrogens with zero attached hydrogens (tertiary/aromatic N) is 1. The molecule has 2 nitrogen and oxygen atoms in total. The Morgan fingerprint density at radius 2 is 1.94 bits per heavy atom. The van der Waals surface area contributed by atoms with E-state index in [1.54, 1.807) is 0 Å². The van der Waals surface area contributed by atoms with Crippen molar-refractivity contribution in [3.05, 3.63) is 34.9 Å². The predicted molar refractivity (Wildman–Crippen MR) is 77.2 cm³/mol. The maximum absolute atomic E-state index is 12.4. The monoisotopic (exact) mass is 247 g/mol. The lowest BCUT2D eigenvalue weighted by Gasteiger charge is -2.25. The summed E-state index contributed by atoms with van der Waals surface area (Å²) in [5.74, 6) is 0.235. The SMILES string of the molecule is CCCN(CC(=O)c1cc(C)ccc1C)C(C)C. The van der Waals surface area contributed by atoms with Crippen LogP contribution in [-0.2, 0) is 0 Å².